The first-order valence-corrected chi connectivity index (χ1v) is 7.29. The van der Waals surface area contributed by atoms with E-state index in [0.717, 1.165) is 11.4 Å². The van der Waals surface area contributed by atoms with Gasteiger partial charge in [-0.1, -0.05) is 37.3 Å². The molecule has 21 heavy (non-hydrogen) atoms. The fourth-order valence-electron chi connectivity index (χ4n) is 2.69. The number of likely N-dealkylation sites (N-methyl/N-ethyl adjacent to an activating group) is 1. The van der Waals surface area contributed by atoms with Gasteiger partial charge in [0.1, 0.15) is 5.75 Å². The van der Waals surface area contributed by atoms with E-state index in [4.69, 9.17) is 10.5 Å². The van der Waals surface area contributed by atoms with Crippen molar-refractivity contribution in [3.8, 4) is 5.75 Å². The summed E-state index contributed by atoms with van der Waals surface area (Å²) < 4.78 is 5.21. The van der Waals surface area contributed by atoms with Gasteiger partial charge in [-0.05, 0) is 29.8 Å². The van der Waals surface area contributed by atoms with Crippen molar-refractivity contribution >= 4 is 5.69 Å². The van der Waals surface area contributed by atoms with Crippen LogP contribution in [0.3, 0.4) is 0 Å². The van der Waals surface area contributed by atoms with E-state index in [2.05, 4.69) is 55.3 Å². The Morgan fingerprint density at radius 3 is 2.19 bits per heavy atom. The molecule has 112 valence electrons. The standard InChI is InChI=1S/C18H24N2O/c1-14(15-7-5-4-6-8-15)18(13-19)20(2)16-9-11-17(21-3)12-10-16/h4-12,14,18H,13,19H2,1-3H3. The molecule has 0 aliphatic carbocycles. The summed E-state index contributed by atoms with van der Waals surface area (Å²) >= 11 is 0. The lowest BCUT2D eigenvalue weighted by atomic mass is 9.92. The summed E-state index contributed by atoms with van der Waals surface area (Å²) in [5, 5.41) is 0. The molecule has 2 atom stereocenters. The Hall–Kier alpha value is -2.00. The summed E-state index contributed by atoms with van der Waals surface area (Å²) in [6.07, 6.45) is 0. The molecule has 0 radical (unpaired) electrons. The maximum absolute atomic E-state index is 6.04. The molecule has 3 heteroatoms. The zero-order chi connectivity index (χ0) is 15.2. The van der Waals surface area contributed by atoms with Gasteiger partial charge in [0.25, 0.3) is 0 Å². The largest absolute Gasteiger partial charge is 0.497 e. The Morgan fingerprint density at radius 2 is 1.67 bits per heavy atom. The number of hydrogen-bond acceptors (Lipinski definition) is 3. The molecule has 0 spiro atoms. The van der Waals surface area contributed by atoms with E-state index in [1.807, 2.05) is 18.2 Å². The molecule has 3 nitrogen and oxygen atoms in total. The van der Waals surface area contributed by atoms with E-state index in [0.29, 0.717) is 12.5 Å². The van der Waals surface area contributed by atoms with Crippen molar-refractivity contribution in [2.45, 2.75) is 18.9 Å². The Labute approximate surface area is 127 Å². The van der Waals surface area contributed by atoms with E-state index in [9.17, 15) is 0 Å². The molecule has 0 aliphatic rings. The number of methoxy groups -OCH3 is 1. The monoisotopic (exact) mass is 284 g/mol. The van der Waals surface area contributed by atoms with Crippen molar-refractivity contribution < 1.29 is 4.74 Å². The molecule has 2 aromatic rings. The number of ether oxygens (including phenoxy) is 1. The topological polar surface area (TPSA) is 38.5 Å². The summed E-state index contributed by atoms with van der Waals surface area (Å²) in [4.78, 5) is 2.25. The lowest BCUT2D eigenvalue weighted by molar-refractivity contribution is 0.414. The third-order valence-electron chi connectivity index (χ3n) is 4.12. The fraction of sp³-hybridized carbons (Fsp3) is 0.333. The molecule has 0 saturated carbocycles. The normalized spacial score (nSPS) is 13.5. The highest BCUT2D eigenvalue weighted by Gasteiger charge is 2.22. The van der Waals surface area contributed by atoms with Crippen LogP contribution in [0.5, 0.6) is 5.75 Å². The number of anilines is 1. The Bertz CT molecular complexity index is 539. The summed E-state index contributed by atoms with van der Waals surface area (Å²) in [5.41, 5.74) is 8.50. The van der Waals surface area contributed by atoms with E-state index >= 15 is 0 Å². The number of hydrogen-bond donors (Lipinski definition) is 1. The molecule has 2 rings (SSSR count). The number of rotatable bonds is 6. The molecule has 0 aliphatic heterocycles. The molecular formula is C18H24N2O. The van der Waals surface area contributed by atoms with E-state index in [1.165, 1.54) is 5.56 Å². The van der Waals surface area contributed by atoms with Gasteiger partial charge in [-0.25, -0.2) is 0 Å². The van der Waals surface area contributed by atoms with Gasteiger partial charge in [0, 0.05) is 31.2 Å². The van der Waals surface area contributed by atoms with Crippen LogP contribution in [0.4, 0.5) is 5.69 Å². The van der Waals surface area contributed by atoms with Gasteiger partial charge >= 0.3 is 0 Å². The van der Waals surface area contributed by atoms with Crippen LogP contribution in [0, 0.1) is 0 Å². The predicted octanol–water partition coefficient (Wildman–Crippen LogP) is 3.26. The highest BCUT2D eigenvalue weighted by Crippen LogP contribution is 2.27. The van der Waals surface area contributed by atoms with Gasteiger partial charge < -0.3 is 15.4 Å². The zero-order valence-electron chi connectivity index (χ0n) is 13.0. The summed E-state index contributed by atoms with van der Waals surface area (Å²) in [6.45, 7) is 2.84. The van der Waals surface area contributed by atoms with Gasteiger partial charge in [0.2, 0.25) is 0 Å². The van der Waals surface area contributed by atoms with Crippen molar-refractivity contribution in [2.75, 3.05) is 25.6 Å². The summed E-state index contributed by atoms with van der Waals surface area (Å²) in [5.74, 6) is 1.23. The zero-order valence-corrected chi connectivity index (χ0v) is 13.0. The fourth-order valence-corrected chi connectivity index (χ4v) is 2.69. The van der Waals surface area contributed by atoms with E-state index in [-0.39, 0.29) is 6.04 Å². The van der Waals surface area contributed by atoms with Crippen molar-refractivity contribution in [3.05, 3.63) is 60.2 Å². The highest BCUT2D eigenvalue weighted by molar-refractivity contribution is 5.50. The first kappa shape index (κ1) is 15.4. The SMILES string of the molecule is COc1ccc(N(C)C(CN)C(C)c2ccccc2)cc1. The van der Waals surface area contributed by atoms with Crippen LogP contribution in [0.15, 0.2) is 54.6 Å². The van der Waals surface area contributed by atoms with Crippen LogP contribution in [0.25, 0.3) is 0 Å². The van der Waals surface area contributed by atoms with Crippen LogP contribution >= 0.6 is 0 Å². The van der Waals surface area contributed by atoms with E-state index < -0.39 is 0 Å². The molecule has 0 amide bonds. The molecule has 0 aromatic heterocycles. The van der Waals surface area contributed by atoms with Gasteiger partial charge in [0.15, 0.2) is 0 Å². The van der Waals surface area contributed by atoms with Crippen LogP contribution in [-0.4, -0.2) is 26.7 Å². The van der Waals surface area contributed by atoms with Gasteiger partial charge in [-0.15, -0.1) is 0 Å². The Balaban J connectivity index is 2.19. The number of benzene rings is 2. The maximum Gasteiger partial charge on any atom is 0.119 e. The molecular weight excluding hydrogens is 260 g/mol. The number of nitrogens with zero attached hydrogens (tertiary/aromatic N) is 1. The van der Waals surface area contributed by atoms with Crippen molar-refractivity contribution in [1.82, 2.24) is 0 Å². The summed E-state index contributed by atoms with van der Waals surface area (Å²) in [6, 6.07) is 18.9. The average Bonchev–Trinajstić information content (AvgIpc) is 2.56. The third kappa shape index (κ3) is 3.56. The Kier molecular flexibility index (Phi) is 5.23. The first-order valence-electron chi connectivity index (χ1n) is 7.29. The van der Waals surface area contributed by atoms with Crippen LogP contribution < -0.4 is 15.4 Å². The molecule has 0 bridgehead atoms. The van der Waals surface area contributed by atoms with Crippen molar-refractivity contribution in [1.29, 1.82) is 0 Å². The average molecular weight is 284 g/mol. The minimum absolute atomic E-state index is 0.251. The molecule has 2 aromatic carbocycles. The second kappa shape index (κ2) is 7.14. The smallest absolute Gasteiger partial charge is 0.119 e. The van der Waals surface area contributed by atoms with Gasteiger partial charge in [-0.3, -0.25) is 0 Å². The highest BCUT2D eigenvalue weighted by atomic mass is 16.5. The van der Waals surface area contributed by atoms with Crippen LogP contribution in [0.1, 0.15) is 18.4 Å². The van der Waals surface area contributed by atoms with E-state index in [1.54, 1.807) is 7.11 Å². The quantitative estimate of drug-likeness (QED) is 0.885. The van der Waals surface area contributed by atoms with Crippen molar-refractivity contribution in [2.24, 2.45) is 5.73 Å². The minimum atomic E-state index is 0.251. The molecule has 2 N–H and O–H groups in total. The third-order valence-corrected chi connectivity index (χ3v) is 4.12. The lowest BCUT2D eigenvalue weighted by Crippen LogP contribution is -2.41. The first-order chi connectivity index (χ1) is 10.2. The maximum atomic E-state index is 6.04. The molecule has 0 heterocycles. The lowest BCUT2D eigenvalue weighted by Gasteiger charge is -2.34. The number of nitrogens with two attached hydrogens (primary N) is 1. The van der Waals surface area contributed by atoms with Crippen LogP contribution in [0.2, 0.25) is 0 Å². The van der Waals surface area contributed by atoms with Gasteiger partial charge in [0.05, 0.1) is 7.11 Å². The second-order valence-electron chi connectivity index (χ2n) is 5.31. The van der Waals surface area contributed by atoms with Crippen LogP contribution in [-0.2, 0) is 0 Å². The summed E-state index contributed by atoms with van der Waals surface area (Å²) in [7, 11) is 3.78. The van der Waals surface area contributed by atoms with Crippen molar-refractivity contribution in [3.63, 3.8) is 0 Å². The Morgan fingerprint density at radius 1 is 1.05 bits per heavy atom. The molecule has 0 saturated heterocycles. The molecule has 0 fully saturated rings. The molecule has 2 unspecified atom stereocenters. The second-order valence-corrected chi connectivity index (χ2v) is 5.31. The minimum Gasteiger partial charge on any atom is -0.497 e. The van der Waals surface area contributed by atoms with Gasteiger partial charge in [-0.2, -0.15) is 0 Å². The predicted molar refractivity (Wildman–Crippen MR) is 89.1 cm³/mol.